The molecule has 2 rings (SSSR count). The van der Waals surface area contributed by atoms with Crippen molar-refractivity contribution in [3.63, 3.8) is 0 Å². The van der Waals surface area contributed by atoms with E-state index < -0.39 is 66.3 Å². The van der Waals surface area contributed by atoms with E-state index in [4.69, 9.17) is 23.2 Å². The van der Waals surface area contributed by atoms with Gasteiger partial charge in [-0.05, 0) is 6.07 Å². The van der Waals surface area contributed by atoms with Gasteiger partial charge in [-0.15, -0.1) is 0 Å². The summed E-state index contributed by atoms with van der Waals surface area (Å²) in [5.74, 6) is -0.633. The lowest BCUT2D eigenvalue weighted by atomic mass is 10.1. The van der Waals surface area contributed by atoms with Crippen LogP contribution in [0.5, 0.6) is 0 Å². The molecule has 0 N–H and O–H groups in total. The van der Waals surface area contributed by atoms with Crippen molar-refractivity contribution < 1.29 is 36.2 Å². The molecule has 162 valence electrons. The number of benzene rings is 1. The fraction of sp³-hybridized carbons (Fsp3) is 0.214. The topological polar surface area (TPSA) is 102 Å². The Morgan fingerprint density at radius 2 is 1.57 bits per heavy atom. The van der Waals surface area contributed by atoms with Crippen LogP contribution in [0.15, 0.2) is 18.3 Å². The van der Waals surface area contributed by atoms with Gasteiger partial charge in [-0.1, -0.05) is 23.2 Å². The zero-order valence-corrected chi connectivity index (χ0v) is 15.7. The lowest BCUT2D eigenvalue weighted by molar-refractivity contribution is -0.392. The van der Waals surface area contributed by atoms with Crippen molar-refractivity contribution >= 4 is 46.1 Å². The lowest BCUT2D eigenvalue weighted by Gasteiger charge is -2.21. The summed E-state index contributed by atoms with van der Waals surface area (Å²) in [6, 6.07) is 0.364. The summed E-state index contributed by atoms with van der Waals surface area (Å²) in [5.41, 5.74) is -7.08. The Bertz CT molecular complexity index is 1040. The van der Waals surface area contributed by atoms with E-state index in [1.807, 2.05) is 0 Å². The number of pyridine rings is 1. The second-order valence-corrected chi connectivity index (χ2v) is 6.34. The van der Waals surface area contributed by atoms with Crippen LogP contribution in [0.4, 0.5) is 49.2 Å². The molecule has 1 aromatic heterocycles. The van der Waals surface area contributed by atoms with Crippen LogP contribution in [0.2, 0.25) is 10.0 Å². The Labute approximate surface area is 171 Å². The van der Waals surface area contributed by atoms with Crippen molar-refractivity contribution in [3.8, 4) is 0 Å². The third kappa shape index (κ3) is 4.33. The van der Waals surface area contributed by atoms with Crippen LogP contribution >= 0.6 is 23.2 Å². The Morgan fingerprint density at radius 3 is 1.97 bits per heavy atom. The van der Waals surface area contributed by atoms with Gasteiger partial charge in [0.15, 0.2) is 5.82 Å². The molecule has 0 aliphatic rings. The van der Waals surface area contributed by atoms with Crippen LogP contribution in [0.3, 0.4) is 0 Å². The van der Waals surface area contributed by atoms with Gasteiger partial charge in [-0.2, -0.15) is 26.3 Å². The molecule has 0 bridgehead atoms. The summed E-state index contributed by atoms with van der Waals surface area (Å²) in [7, 11) is 0.875. The summed E-state index contributed by atoms with van der Waals surface area (Å²) in [6.07, 6.45) is -9.82. The maximum absolute atomic E-state index is 13.1. The molecule has 1 heterocycles. The normalized spacial score (nSPS) is 12.0. The van der Waals surface area contributed by atoms with E-state index in [9.17, 15) is 46.6 Å². The Hall–Kier alpha value is -2.87. The minimum absolute atomic E-state index is 0.0286. The molecule has 16 heteroatoms. The van der Waals surface area contributed by atoms with Gasteiger partial charge in [-0.3, -0.25) is 20.2 Å². The third-order valence-electron chi connectivity index (χ3n) is 3.68. The van der Waals surface area contributed by atoms with Gasteiger partial charge in [0.05, 0.1) is 26.0 Å². The Morgan fingerprint density at radius 1 is 1.00 bits per heavy atom. The number of nitro benzene ring substituents is 2. The van der Waals surface area contributed by atoms with Crippen LogP contribution in [0.25, 0.3) is 0 Å². The van der Waals surface area contributed by atoms with Crippen LogP contribution < -0.4 is 4.90 Å². The second kappa shape index (κ2) is 7.75. The maximum Gasteiger partial charge on any atom is 0.418 e. The van der Waals surface area contributed by atoms with Gasteiger partial charge < -0.3 is 4.90 Å². The van der Waals surface area contributed by atoms with Gasteiger partial charge >= 0.3 is 23.7 Å². The summed E-state index contributed by atoms with van der Waals surface area (Å²) in [6.45, 7) is 0. The first-order chi connectivity index (χ1) is 13.6. The second-order valence-electron chi connectivity index (χ2n) is 5.55. The van der Waals surface area contributed by atoms with Crippen LogP contribution in [0.1, 0.15) is 11.1 Å². The molecular formula is C14H6Cl2F6N4O4. The predicted molar refractivity (Wildman–Crippen MR) is 92.1 cm³/mol. The first kappa shape index (κ1) is 23.4. The minimum atomic E-state index is -5.27. The standard InChI is InChI=1S/C14H6Cl2F6N4O4/c1-24(12-7(15)2-5(4-23-12)13(17,18)19)10-8(25(27)28)3-6(14(20,21)22)9(16)11(10)26(29)30/h2-4H,1H3. The van der Waals surface area contributed by atoms with Crippen molar-refractivity contribution in [3.05, 3.63) is 59.7 Å². The highest BCUT2D eigenvalue weighted by Gasteiger charge is 2.43. The van der Waals surface area contributed by atoms with E-state index in [0.717, 1.165) is 7.05 Å². The SMILES string of the molecule is CN(c1ncc(C(F)(F)F)cc1Cl)c1c([N+](=O)[O-])cc(C(F)(F)F)c(Cl)c1[N+](=O)[O-]. The van der Waals surface area contributed by atoms with Crippen molar-refractivity contribution in [1.82, 2.24) is 4.98 Å². The molecule has 8 nitrogen and oxygen atoms in total. The number of hydrogen-bond donors (Lipinski definition) is 0. The zero-order chi connectivity index (χ0) is 23.2. The average molecular weight is 479 g/mol. The molecule has 30 heavy (non-hydrogen) atoms. The monoisotopic (exact) mass is 478 g/mol. The molecule has 1 aromatic carbocycles. The molecular weight excluding hydrogens is 473 g/mol. The van der Waals surface area contributed by atoms with Gasteiger partial charge in [0.25, 0.3) is 0 Å². The summed E-state index contributed by atoms with van der Waals surface area (Å²) in [5, 5.41) is 20.6. The smallest absolute Gasteiger partial charge is 0.317 e. The molecule has 0 fully saturated rings. The number of aromatic nitrogens is 1. The van der Waals surface area contributed by atoms with E-state index in [2.05, 4.69) is 4.98 Å². The molecule has 0 spiro atoms. The predicted octanol–water partition coefficient (Wildman–Crippen LogP) is 6.01. The van der Waals surface area contributed by atoms with Crippen molar-refractivity contribution in [2.75, 3.05) is 11.9 Å². The van der Waals surface area contributed by atoms with E-state index in [1.165, 1.54) is 0 Å². The molecule has 0 unspecified atom stereocenters. The van der Waals surface area contributed by atoms with Gasteiger partial charge in [0.1, 0.15) is 5.02 Å². The third-order valence-corrected chi connectivity index (χ3v) is 4.34. The number of nitro groups is 2. The van der Waals surface area contributed by atoms with Crippen molar-refractivity contribution in [2.45, 2.75) is 12.4 Å². The molecule has 0 saturated heterocycles. The molecule has 0 radical (unpaired) electrons. The Balaban J connectivity index is 2.85. The highest BCUT2D eigenvalue weighted by Crippen LogP contribution is 2.50. The van der Waals surface area contributed by atoms with E-state index >= 15 is 0 Å². The Kier molecular flexibility index (Phi) is 6.05. The first-order valence-corrected chi connectivity index (χ1v) is 8.01. The fourth-order valence-electron chi connectivity index (χ4n) is 2.40. The molecule has 2 aromatic rings. The van der Waals surface area contributed by atoms with Crippen molar-refractivity contribution in [2.24, 2.45) is 0 Å². The summed E-state index contributed by atoms with van der Waals surface area (Å²) >= 11 is 11.2. The lowest BCUT2D eigenvalue weighted by Crippen LogP contribution is -2.18. The highest BCUT2D eigenvalue weighted by molar-refractivity contribution is 6.35. The van der Waals surface area contributed by atoms with Crippen LogP contribution in [-0.4, -0.2) is 21.9 Å². The van der Waals surface area contributed by atoms with Gasteiger partial charge in [-0.25, -0.2) is 4.98 Å². The van der Waals surface area contributed by atoms with Crippen LogP contribution in [0, 0.1) is 20.2 Å². The number of rotatable bonds is 4. The van der Waals surface area contributed by atoms with Gasteiger partial charge in [0.2, 0.25) is 5.69 Å². The minimum Gasteiger partial charge on any atom is -0.317 e. The van der Waals surface area contributed by atoms with Gasteiger partial charge in [0, 0.05) is 19.3 Å². The highest BCUT2D eigenvalue weighted by atomic mass is 35.5. The number of halogens is 8. The number of hydrogen-bond acceptors (Lipinski definition) is 6. The number of alkyl halides is 6. The molecule has 0 aliphatic heterocycles. The average Bonchev–Trinajstić information content (AvgIpc) is 2.58. The zero-order valence-electron chi connectivity index (χ0n) is 14.2. The first-order valence-electron chi connectivity index (χ1n) is 7.26. The number of anilines is 2. The van der Waals surface area contributed by atoms with Crippen LogP contribution in [-0.2, 0) is 12.4 Å². The van der Waals surface area contributed by atoms with Crippen molar-refractivity contribution in [1.29, 1.82) is 0 Å². The largest absolute Gasteiger partial charge is 0.418 e. The molecule has 0 saturated carbocycles. The number of nitrogens with zero attached hydrogens (tertiary/aromatic N) is 4. The van der Waals surface area contributed by atoms with E-state index in [1.54, 1.807) is 0 Å². The fourth-order valence-corrected chi connectivity index (χ4v) is 3.02. The summed E-state index contributed by atoms with van der Waals surface area (Å²) in [4.78, 5) is 23.9. The molecule has 0 amide bonds. The van der Waals surface area contributed by atoms with E-state index in [0.29, 0.717) is 17.2 Å². The van der Waals surface area contributed by atoms with E-state index in [-0.39, 0.29) is 6.07 Å². The maximum atomic E-state index is 13.1. The molecule has 0 aliphatic carbocycles. The summed E-state index contributed by atoms with van der Waals surface area (Å²) < 4.78 is 77.7. The quantitative estimate of drug-likeness (QED) is 0.302. The molecule has 0 atom stereocenters.